The Balaban J connectivity index is 2.46. The average molecular weight is 337 g/mol. The second-order valence-electron chi connectivity index (χ2n) is 5.35. The Kier molecular flexibility index (Phi) is 7.54. The minimum absolute atomic E-state index is 0.127. The zero-order valence-electron chi connectivity index (χ0n) is 14.3. The predicted octanol–water partition coefficient (Wildman–Crippen LogP) is 0.308. The quantitative estimate of drug-likeness (QED) is 0.512. The van der Waals surface area contributed by atoms with Crippen molar-refractivity contribution >= 4 is 17.7 Å². The van der Waals surface area contributed by atoms with Crippen LogP contribution in [0, 0.1) is 0 Å². The van der Waals surface area contributed by atoms with Gasteiger partial charge in [0, 0.05) is 18.5 Å². The lowest BCUT2D eigenvalue weighted by molar-refractivity contribution is -0.141. The van der Waals surface area contributed by atoms with Gasteiger partial charge in [-0.25, -0.2) is 0 Å². The van der Waals surface area contributed by atoms with Crippen molar-refractivity contribution in [2.24, 2.45) is 0 Å². The van der Waals surface area contributed by atoms with Crippen molar-refractivity contribution < 1.29 is 23.9 Å². The summed E-state index contributed by atoms with van der Waals surface area (Å²) in [4.78, 5) is 34.6. The molecule has 0 atom stereocenters. The molecule has 24 heavy (non-hydrogen) atoms. The smallest absolute Gasteiger partial charge is 0.327 e. The van der Waals surface area contributed by atoms with Gasteiger partial charge in [0.15, 0.2) is 0 Å². The summed E-state index contributed by atoms with van der Waals surface area (Å²) in [7, 11) is 3.09. The molecule has 132 valence electrons. The molecule has 1 rings (SSSR count). The summed E-state index contributed by atoms with van der Waals surface area (Å²) in [6.45, 7) is 3.46. The number of amides is 3. The van der Waals surface area contributed by atoms with E-state index in [4.69, 9.17) is 9.47 Å². The molecule has 0 aromatic heterocycles. The minimum atomic E-state index is -0.917. The first-order valence-electron chi connectivity index (χ1n) is 7.47. The van der Waals surface area contributed by atoms with Gasteiger partial charge in [0.25, 0.3) is 0 Å². The van der Waals surface area contributed by atoms with Crippen LogP contribution < -0.4 is 25.6 Å². The fourth-order valence-corrected chi connectivity index (χ4v) is 1.84. The first-order valence-corrected chi connectivity index (χ1v) is 7.47. The third-order valence-electron chi connectivity index (χ3n) is 2.99. The van der Waals surface area contributed by atoms with Crippen molar-refractivity contribution in [1.29, 1.82) is 0 Å². The lowest BCUT2D eigenvalue weighted by Crippen LogP contribution is -2.49. The molecule has 0 saturated carbocycles. The summed E-state index contributed by atoms with van der Waals surface area (Å²) in [6, 6.07) is 5.16. The Hall–Kier alpha value is -2.77. The Labute approximate surface area is 140 Å². The maximum Gasteiger partial charge on any atom is 0.327 e. The Morgan fingerprint density at radius 3 is 2.04 bits per heavy atom. The van der Waals surface area contributed by atoms with Gasteiger partial charge < -0.3 is 14.8 Å². The molecule has 8 nitrogen and oxygen atoms in total. The van der Waals surface area contributed by atoms with E-state index in [2.05, 4.69) is 16.2 Å². The molecule has 0 bridgehead atoms. The first kappa shape index (κ1) is 19.3. The molecule has 1 aromatic carbocycles. The van der Waals surface area contributed by atoms with Crippen LogP contribution >= 0.6 is 0 Å². The van der Waals surface area contributed by atoms with E-state index < -0.39 is 17.7 Å². The molecule has 0 aliphatic carbocycles. The second-order valence-corrected chi connectivity index (χ2v) is 5.35. The summed E-state index contributed by atoms with van der Waals surface area (Å²) >= 11 is 0. The molecule has 1 aromatic rings. The number of nitrogens with one attached hydrogen (secondary N) is 3. The lowest BCUT2D eigenvalue weighted by Gasteiger charge is -2.10. The molecule has 8 heteroatoms. The summed E-state index contributed by atoms with van der Waals surface area (Å²) in [6.07, 6.45) is 0.551. The van der Waals surface area contributed by atoms with Gasteiger partial charge in [-0.05, 0) is 38.0 Å². The highest BCUT2D eigenvalue weighted by atomic mass is 16.5. The van der Waals surface area contributed by atoms with E-state index in [0.717, 1.165) is 5.56 Å². The monoisotopic (exact) mass is 337 g/mol. The van der Waals surface area contributed by atoms with Gasteiger partial charge >= 0.3 is 11.8 Å². The molecule has 0 heterocycles. The van der Waals surface area contributed by atoms with E-state index in [-0.39, 0.29) is 12.5 Å². The van der Waals surface area contributed by atoms with Crippen LogP contribution in [0.1, 0.15) is 25.8 Å². The second kappa shape index (κ2) is 9.39. The van der Waals surface area contributed by atoms with Crippen LogP contribution in [-0.4, -0.2) is 38.0 Å². The number of hydrogen-bond acceptors (Lipinski definition) is 5. The SMILES string of the molecule is COc1cc(CCC(=O)NNC(=O)C(=O)NC(C)C)cc(OC)c1. The molecule has 3 N–H and O–H groups in total. The number of benzene rings is 1. The molecule has 0 spiro atoms. The van der Waals surface area contributed by atoms with E-state index in [1.165, 1.54) is 0 Å². The summed E-state index contributed by atoms with van der Waals surface area (Å²) in [5, 5.41) is 2.42. The van der Waals surface area contributed by atoms with Gasteiger partial charge in [-0.15, -0.1) is 0 Å². The van der Waals surface area contributed by atoms with E-state index in [0.29, 0.717) is 17.9 Å². The highest BCUT2D eigenvalue weighted by Crippen LogP contribution is 2.23. The Bertz CT molecular complexity index is 579. The third kappa shape index (κ3) is 6.55. The van der Waals surface area contributed by atoms with Crippen LogP contribution in [0.5, 0.6) is 11.5 Å². The van der Waals surface area contributed by atoms with Crippen LogP contribution in [0.2, 0.25) is 0 Å². The highest BCUT2D eigenvalue weighted by Gasteiger charge is 2.15. The van der Waals surface area contributed by atoms with Gasteiger partial charge in [-0.2, -0.15) is 0 Å². The Morgan fingerprint density at radius 2 is 1.54 bits per heavy atom. The van der Waals surface area contributed by atoms with Crippen LogP contribution in [-0.2, 0) is 20.8 Å². The van der Waals surface area contributed by atoms with Gasteiger partial charge in [-0.1, -0.05) is 0 Å². The molecular weight excluding hydrogens is 314 g/mol. The minimum Gasteiger partial charge on any atom is -0.497 e. The van der Waals surface area contributed by atoms with Crippen molar-refractivity contribution in [1.82, 2.24) is 16.2 Å². The molecule has 0 saturated heterocycles. The molecule has 0 aliphatic heterocycles. The number of hydrazine groups is 1. The van der Waals surface area contributed by atoms with E-state index >= 15 is 0 Å². The van der Waals surface area contributed by atoms with Gasteiger partial charge in [0.05, 0.1) is 14.2 Å². The van der Waals surface area contributed by atoms with Gasteiger partial charge in [0.2, 0.25) is 5.91 Å². The number of ether oxygens (including phenoxy) is 2. The number of carbonyl (C=O) groups excluding carboxylic acids is 3. The number of aryl methyl sites for hydroxylation is 1. The van der Waals surface area contributed by atoms with Crippen LogP contribution in [0.3, 0.4) is 0 Å². The summed E-state index contributed by atoms with van der Waals surface area (Å²) < 4.78 is 10.3. The van der Waals surface area contributed by atoms with Crippen molar-refractivity contribution in [3.05, 3.63) is 23.8 Å². The summed E-state index contributed by atoms with van der Waals surface area (Å²) in [5.74, 6) is -0.878. The predicted molar refractivity (Wildman–Crippen MR) is 87.4 cm³/mol. The lowest BCUT2D eigenvalue weighted by atomic mass is 10.1. The van der Waals surface area contributed by atoms with E-state index in [9.17, 15) is 14.4 Å². The maximum absolute atomic E-state index is 11.8. The third-order valence-corrected chi connectivity index (χ3v) is 2.99. The molecular formula is C16H23N3O5. The standard InChI is InChI=1S/C16H23N3O5/c1-10(2)17-15(21)16(22)19-18-14(20)6-5-11-7-12(23-3)9-13(8-11)24-4/h7-10H,5-6H2,1-4H3,(H,17,21)(H,18,20)(H,19,22). The molecule has 3 amide bonds. The number of methoxy groups -OCH3 is 2. The average Bonchev–Trinajstić information content (AvgIpc) is 2.56. The largest absolute Gasteiger partial charge is 0.497 e. The topological polar surface area (TPSA) is 106 Å². The molecule has 0 fully saturated rings. The number of hydrogen-bond donors (Lipinski definition) is 3. The molecule has 0 aliphatic rings. The van der Waals surface area contributed by atoms with Crippen LogP contribution in [0.25, 0.3) is 0 Å². The summed E-state index contributed by atoms with van der Waals surface area (Å²) in [5.41, 5.74) is 5.12. The zero-order valence-corrected chi connectivity index (χ0v) is 14.3. The van der Waals surface area contributed by atoms with Crippen LogP contribution in [0.15, 0.2) is 18.2 Å². The Morgan fingerprint density at radius 1 is 0.958 bits per heavy atom. The van der Waals surface area contributed by atoms with E-state index in [1.807, 2.05) is 0 Å². The van der Waals surface area contributed by atoms with Crippen molar-refractivity contribution in [2.45, 2.75) is 32.7 Å². The highest BCUT2D eigenvalue weighted by molar-refractivity contribution is 6.35. The number of carbonyl (C=O) groups is 3. The molecule has 0 unspecified atom stereocenters. The van der Waals surface area contributed by atoms with Gasteiger partial charge in [0.1, 0.15) is 11.5 Å². The zero-order chi connectivity index (χ0) is 18.1. The fourth-order valence-electron chi connectivity index (χ4n) is 1.84. The first-order chi connectivity index (χ1) is 11.3. The van der Waals surface area contributed by atoms with Crippen LogP contribution in [0.4, 0.5) is 0 Å². The number of rotatable bonds is 6. The maximum atomic E-state index is 11.8. The molecule has 0 radical (unpaired) electrons. The van der Waals surface area contributed by atoms with Crippen molar-refractivity contribution in [3.8, 4) is 11.5 Å². The van der Waals surface area contributed by atoms with Crippen molar-refractivity contribution in [3.63, 3.8) is 0 Å². The van der Waals surface area contributed by atoms with Crippen molar-refractivity contribution in [2.75, 3.05) is 14.2 Å². The fraction of sp³-hybridized carbons (Fsp3) is 0.438. The van der Waals surface area contributed by atoms with E-state index in [1.54, 1.807) is 46.3 Å². The van der Waals surface area contributed by atoms with Gasteiger partial charge in [-0.3, -0.25) is 25.2 Å². The normalized spacial score (nSPS) is 10.0.